The van der Waals surface area contributed by atoms with Gasteiger partial charge in [-0.05, 0) is 92.6 Å². The van der Waals surface area contributed by atoms with Gasteiger partial charge in [0.15, 0.2) is 6.10 Å². The van der Waals surface area contributed by atoms with Gasteiger partial charge in [-0.2, -0.15) is 4.99 Å². The summed E-state index contributed by atoms with van der Waals surface area (Å²) in [6, 6.07) is 10.9. The Morgan fingerprint density at radius 2 is 1.84 bits per heavy atom. The van der Waals surface area contributed by atoms with E-state index >= 15 is 0 Å². The summed E-state index contributed by atoms with van der Waals surface area (Å²) in [5.74, 6) is 1.78. The SMILES string of the molecule is O=C(N=C=C=CN1CC[C@H](O)C1)[C@@H](Cc1cc(Br)c(O)c(Br)c1)OC(=O)N1CCC(N2CCc3ccccc3NC2=O)CC1. The number of ether oxygens (including phenoxy) is 1. The lowest BCUT2D eigenvalue weighted by molar-refractivity contribution is -0.126. The molecule has 13 heteroatoms. The van der Waals surface area contributed by atoms with E-state index in [2.05, 4.69) is 53.8 Å². The third-order valence-corrected chi connectivity index (χ3v) is 9.20. The third-order valence-electron chi connectivity index (χ3n) is 7.99. The molecule has 5 rings (SSSR count). The monoisotopic (exact) mass is 729 g/mol. The predicted molar refractivity (Wildman–Crippen MR) is 171 cm³/mol. The maximum Gasteiger partial charge on any atom is 0.410 e. The molecule has 0 aliphatic carbocycles. The van der Waals surface area contributed by atoms with Gasteiger partial charge in [-0.25, -0.2) is 9.59 Å². The number of aliphatic hydroxyl groups excluding tert-OH is 1. The van der Waals surface area contributed by atoms with Crippen LogP contribution < -0.4 is 5.32 Å². The lowest BCUT2D eigenvalue weighted by Gasteiger charge is -2.37. The van der Waals surface area contributed by atoms with Crippen molar-refractivity contribution < 1.29 is 29.3 Å². The maximum atomic E-state index is 13.3. The number of aliphatic imine (C=N–C) groups is 1. The van der Waals surface area contributed by atoms with Crippen LogP contribution >= 0.6 is 31.9 Å². The molecular weight excluding hydrogens is 698 g/mol. The fourth-order valence-corrected chi connectivity index (χ4v) is 6.87. The molecule has 2 aromatic carbocycles. The number of piperidine rings is 1. The molecule has 11 nitrogen and oxygen atoms in total. The van der Waals surface area contributed by atoms with Gasteiger partial charge in [-0.1, -0.05) is 18.2 Å². The van der Waals surface area contributed by atoms with E-state index in [1.165, 1.54) is 0 Å². The van der Waals surface area contributed by atoms with Crippen molar-refractivity contribution >= 4 is 61.4 Å². The van der Waals surface area contributed by atoms with Crippen LogP contribution in [0.3, 0.4) is 0 Å². The quantitative estimate of drug-likeness (QED) is 0.295. The number of nitrogens with zero attached hydrogens (tertiary/aromatic N) is 4. The molecule has 0 radical (unpaired) electrons. The molecule has 0 spiro atoms. The molecule has 232 valence electrons. The van der Waals surface area contributed by atoms with Crippen molar-refractivity contribution in [2.45, 2.75) is 50.4 Å². The van der Waals surface area contributed by atoms with Crippen molar-refractivity contribution in [3.63, 3.8) is 0 Å². The zero-order valence-electron chi connectivity index (χ0n) is 23.9. The molecule has 0 unspecified atom stereocenters. The molecule has 3 heterocycles. The zero-order chi connectivity index (χ0) is 31.2. The number of hydrogen-bond acceptors (Lipinski definition) is 7. The van der Waals surface area contributed by atoms with E-state index in [1.54, 1.807) is 23.2 Å². The number of anilines is 1. The Bertz CT molecular complexity index is 1490. The number of phenolic OH excluding ortho intramolecular Hbond substituents is 1. The summed E-state index contributed by atoms with van der Waals surface area (Å²) in [6.45, 7) is 2.46. The lowest BCUT2D eigenvalue weighted by atomic mass is 10.0. The molecule has 0 bridgehead atoms. The lowest BCUT2D eigenvalue weighted by Crippen LogP contribution is -2.50. The Hall–Kier alpha value is -3.60. The van der Waals surface area contributed by atoms with Crippen LogP contribution in [0.4, 0.5) is 15.3 Å². The molecular formula is C31H33Br2N5O6. The van der Waals surface area contributed by atoms with Crippen LogP contribution in [0.25, 0.3) is 0 Å². The average molecular weight is 731 g/mol. The number of likely N-dealkylation sites (tertiary alicyclic amines) is 2. The number of β-amino-alcohol motifs (C(OH)–C–C–N with tert-alkyl or cyclic N) is 1. The standard InChI is InChI=1S/C31H33Br2N5O6/c32-24-16-20(17-25(33)28(24)40)18-27(29(41)34-10-3-11-36-12-9-23(39)19-36)44-31(43)37-13-7-22(8-14-37)38-15-6-21-4-1-2-5-26(21)35-30(38)42/h1-2,4-5,11,16-17,22-23,27,39-40H,6-9,12-15,18-19H2,(H,35,42)/t23-,27+/m0/s1. The molecule has 3 aliphatic rings. The van der Waals surface area contributed by atoms with Gasteiger partial charge in [0.2, 0.25) is 0 Å². The van der Waals surface area contributed by atoms with Crippen LogP contribution in [-0.2, 0) is 22.4 Å². The second-order valence-electron chi connectivity index (χ2n) is 11.0. The van der Waals surface area contributed by atoms with Crippen LogP contribution in [0.1, 0.15) is 30.4 Å². The van der Waals surface area contributed by atoms with Crippen molar-refractivity contribution in [2.75, 3.05) is 38.0 Å². The minimum Gasteiger partial charge on any atom is -0.506 e. The number of carbonyl (C=O) groups excluding carboxylic acids is 3. The topological polar surface area (TPSA) is 135 Å². The first kappa shape index (κ1) is 31.8. The fraction of sp³-hybridized carbons (Fsp3) is 0.419. The Morgan fingerprint density at radius 3 is 2.55 bits per heavy atom. The Morgan fingerprint density at radius 1 is 1.11 bits per heavy atom. The van der Waals surface area contributed by atoms with Crippen LogP contribution in [0, 0.1) is 0 Å². The largest absolute Gasteiger partial charge is 0.506 e. The third kappa shape index (κ3) is 7.91. The van der Waals surface area contributed by atoms with Crippen molar-refractivity contribution in [3.8, 4) is 5.75 Å². The van der Waals surface area contributed by atoms with E-state index in [0.29, 0.717) is 66.5 Å². The van der Waals surface area contributed by atoms with Crippen molar-refractivity contribution in [1.82, 2.24) is 14.7 Å². The summed E-state index contributed by atoms with van der Waals surface area (Å²) >= 11 is 6.59. The Labute approximate surface area is 272 Å². The number of nitrogens with one attached hydrogen (secondary N) is 1. The Kier molecular flexibility index (Phi) is 10.5. The highest BCUT2D eigenvalue weighted by Crippen LogP contribution is 2.34. The van der Waals surface area contributed by atoms with E-state index in [0.717, 1.165) is 17.7 Å². The summed E-state index contributed by atoms with van der Waals surface area (Å²) in [5.41, 5.74) is 5.25. The van der Waals surface area contributed by atoms with Gasteiger partial charge in [0.1, 0.15) is 5.75 Å². The number of para-hydroxylation sites is 1. The molecule has 3 N–H and O–H groups in total. The summed E-state index contributed by atoms with van der Waals surface area (Å²) < 4.78 is 6.55. The van der Waals surface area contributed by atoms with Gasteiger partial charge >= 0.3 is 12.1 Å². The number of rotatable bonds is 6. The fourth-order valence-electron chi connectivity index (χ4n) is 5.59. The van der Waals surface area contributed by atoms with Gasteiger partial charge < -0.3 is 35.0 Å². The molecule has 4 amide bonds. The summed E-state index contributed by atoms with van der Waals surface area (Å²) in [6.07, 6.45) is 1.85. The Balaban J connectivity index is 1.23. The van der Waals surface area contributed by atoms with Crippen LogP contribution in [0.15, 0.2) is 62.3 Å². The molecule has 2 atom stereocenters. The molecule has 3 aliphatic heterocycles. The van der Waals surface area contributed by atoms with Crippen molar-refractivity contribution in [3.05, 3.63) is 68.4 Å². The van der Waals surface area contributed by atoms with Gasteiger partial charge in [0.05, 0.1) is 21.2 Å². The second kappa shape index (κ2) is 14.5. The molecule has 2 saturated heterocycles. The number of hydrogen-bond donors (Lipinski definition) is 3. The molecule has 2 aromatic rings. The van der Waals surface area contributed by atoms with E-state index in [9.17, 15) is 24.6 Å². The number of fused-ring (bicyclic) bond motifs is 1. The normalized spacial score (nSPS) is 19.2. The number of carbonyl (C=O) groups is 3. The van der Waals surface area contributed by atoms with E-state index in [-0.39, 0.29) is 24.2 Å². The molecule has 2 fully saturated rings. The minimum atomic E-state index is -1.25. The van der Waals surface area contributed by atoms with E-state index in [1.807, 2.05) is 34.1 Å². The first-order valence-electron chi connectivity index (χ1n) is 14.5. The van der Waals surface area contributed by atoms with Crippen molar-refractivity contribution in [1.29, 1.82) is 0 Å². The van der Waals surface area contributed by atoms with Gasteiger partial charge in [-0.15, -0.1) is 0 Å². The zero-order valence-corrected chi connectivity index (χ0v) is 27.1. The molecule has 44 heavy (non-hydrogen) atoms. The van der Waals surface area contributed by atoms with Crippen LogP contribution in [0.2, 0.25) is 0 Å². The van der Waals surface area contributed by atoms with Crippen LogP contribution in [0.5, 0.6) is 5.75 Å². The van der Waals surface area contributed by atoms with E-state index in [4.69, 9.17) is 4.74 Å². The molecule has 0 saturated carbocycles. The van der Waals surface area contributed by atoms with Gasteiger partial charge in [0.25, 0.3) is 5.91 Å². The minimum absolute atomic E-state index is 0.0107. The summed E-state index contributed by atoms with van der Waals surface area (Å²) in [7, 11) is 0. The second-order valence-corrected chi connectivity index (χ2v) is 12.7. The van der Waals surface area contributed by atoms with E-state index < -0.39 is 24.2 Å². The number of benzene rings is 2. The van der Waals surface area contributed by atoms with Gasteiger partial charge in [-0.3, -0.25) is 4.79 Å². The number of urea groups is 1. The number of halogens is 2. The predicted octanol–water partition coefficient (Wildman–Crippen LogP) is 4.45. The first-order valence-corrected chi connectivity index (χ1v) is 16.0. The summed E-state index contributed by atoms with van der Waals surface area (Å²) in [4.78, 5) is 48.4. The average Bonchev–Trinajstić information content (AvgIpc) is 3.35. The highest BCUT2D eigenvalue weighted by atomic mass is 79.9. The number of aliphatic hydroxyl groups is 1. The molecule has 0 aromatic heterocycles. The number of aromatic hydroxyl groups is 1. The number of amides is 4. The first-order chi connectivity index (χ1) is 21.2. The van der Waals surface area contributed by atoms with Crippen molar-refractivity contribution in [2.24, 2.45) is 4.99 Å². The summed E-state index contributed by atoms with van der Waals surface area (Å²) in [5, 5.41) is 22.8. The van der Waals surface area contributed by atoms with Gasteiger partial charge in [0, 0.05) is 56.7 Å². The number of phenols is 1. The maximum absolute atomic E-state index is 13.3. The smallest absolute Gasteiger partial charge is 0.410 e. The highest BCUT2D eigenvalue weighted by molar-refractivity contribution is 9.11. The highest BCUT2D eigenvalue weighted by Gasteiger charge is 2.33. The van der Waals surface area contributed by atoms with Crippen LogP contribution in [-0.4, -0.2) is 99.8 Å².